The van der Waals surface area contributed by atoms with Gasteiger partial charge in [-0.05, 0) is 30.3 Å². The summed E-state index contributed by atoms with van der Waals surface area (Å²) in [5.41, 5.74) is 1.60. The van der Waals surface area contributed by atoms with Crippen molar-refractivity contribution in [2.45, 2.75) is 0 Å². The molecule has 0 amide bonds. The van der Waals surface area contributed by atoms with Gasteiger partial charge in [-0.3, -0.25) is 0 Å². The molecule has 2 N–H and O–H groups in total. The first kappa shape index (κ1) is 8.05. The molecule has 0 spiro atoms. The number of hydrogen-bond donors (Lipinski definition) is 2. The summed E-state index contributed by atoms with van der Waals surface area (Å²) in [6.07, 6.45) is 1.58. The Morgan fingerprint density at radius 1 is 1.33 bits per heavy atom. The molecule has 0 unspecified atom stereocenters. The molecular weight excluding hydrogens is 246 g/mol. The first-order valence-electron chi connectivity index (χ1n) is 6.75. The zero-order valence-corrected chi connectivity index (χ0v) is 10.0. The Bertz CT molecular complexity index is 783. The first-order chi connectivity index (χ1) is 9.90. The minimum atomic E-state index is -2.26. The molecule has 0 bridgehead atoms. The molecule has 0 saturated heterocycles. The van der Waals surface area contributed by atoms with E-state index in [1.54, 1.807) is 36.5 Å². The SMILES string of the molecule is [3H]C([3H])([3H])Nc1ccc(-c2nc3ccc(O)cc3s2)cn1. The summed E-state index contributed by atoms with van der Waals surface area (Å²) in [5, 5.41) is 12.6. The molecule has 2 aromatic heterocycles. The Kier molecular flexibility index (Phi) is 1.91. The third-order valence-corrected chi connectivity index (χ3v) is 3.58. The van der Waals surface area contributed by atoms with Gasteiger partial charge in [-0.2, -0.15) is 0 Å². The van der Waals surface area contributed by atoms with E-state index >= 15 is 0 Å². The number of anilines is 1. The Morgan fingerprint density at radius 3 is 3.06 bits per heavy atom. The number of phenolic OH excluding ortho intramolecular Hbond substituents is 1. The Balaban J connectivity index is 1.91. The van der Waals surface area contributed by atoms with Crippen LogP contribution in [0.1, 0.15) is 4.11 Å². The van der Waals surface area contributed by atoms with Crippen LogP contribution in [0.4, 0.5) is 5.82 Å². The second-order valence-corrected chi connectivity index (χ2v) is 4.76. The maximum atomic E-state index is 9.46. The zero-order valence-electron chi connectivity index (χ0n) is 12.2. The summed E-state index contributed by atoms with van der Waals surface area (Å²) < 4.78 is 22.3. The maximum absolute atomic E-state index is 9.46. The molecule has 3 rings (SSSR count). The monoisotopic (exact) mass is 263 g/mol. The summed E-state index contributed by atoms with van der Waals surface area (Å²) in [5.74, 6) is 0.491. The average molecular weight is 263 g/mol. The topological polar surface area (TPSA) is 58.0 Å². The fourth-order valence-corrected chi connectivity index (χ4v) is 2.62. The van der Waals surface area contributed by atoms with Crippen LogP contribution in [0.15, 0.2) is 36.5 Å². The van der Waals surface area contributed by atoms with Crippen molar-refractivity contribution in [1.82, 2.24) is 9.97 Å². The van der Waals surface area contributed by atoms with Crippen LogP contribution in [0, 0.1) is 0 Å². The van der Waals surface area contributed by atoms with E-state index in [1.165, 1.54) is 11.3 Å². The van der Waals surface area contributed by atoms with Crippen LogP contribution in [0.5, 0.6) is 5.75 Å². The quantitative estimate of drug-likeness (QED) is 0.746. The van der Waals surface area contributed by atoms with Crippen LogP contribution < -0.4 is 5.32 Å². The first-order valence-corrected chi connectivity index (χ1v) is 6.06. The standard InChI is InChI=1S/C13H11N3OS/c1-14-12-5-2-8(7-15-12)13-16-10-4-3-9(17)6-11(10)18-13/h2-7,17H,1H3,(H,14,15)/i1T3. The summed E-state index contributed by atoms with van der Waals surface area (Å²) in [6, 6.07) is 8.37. The molecule has 0 aliphatic rings. The fourth-order valence-electron chi connectivity index (χ4n) is 1.63. The van der Waals surface area contributed by atoms with Gasteiger partial charge >= 0.3 is 0 Å². The van der Waals surface area contributed by atoms with Crippen molar-refractivity contribution < 1.29 is 9.22 Å². The number of fused-ring (bicyclic) bond motifs is 1. The van der Waals surface area contributed by atoms with Crippen molar-refractivity contribution in [3.63, 3.8) is 0 Å². The number of pyridine rings is 1. The Hall–Kier alpha value is -2.14. The molecule has 0 saturated carbocycles. The second kappa shape index (κ2) is 4.27. The maximum Gasteiger partial charge on any atom is 0.126 e. The van der Waals surface area contributed by atoms with Crippen LogP contribution in [0.3, 0.4) is 0 Å². The molecule has 0 aliphatic carbocycles. The number of phenols is 1. The van der Waals surface area contributed by atoms with E-state index in [4.69, 9.17) is 4.11 Å². The van der Waals surface area contributed by atoms with Gasteiger partial charge in [0.25, 0.3) is 0 Å². The van der Waals surface area contributed by atoms with Gasteiger partial charge in [-0.1, -0.05) is 0 Å². The number of aromatic nitrogens is 2. The van der Waals surface area contributed by atoms with Crippen LogP contribution in [-0.2, 0) is 0 Å². The van der Waals surface area contributed by atoms with Crippen LogP contribution in [0.2, 0.25) is 0 Å². The van der Waals surface area contributed by atoms with E-state index in [1.807, 2.05) is 0 Å². The van der Waals surface area contributed by atoms with Crippen LogP contribution in [0.25, 0.3) is 20.8 Å². The second-order valence-electron chi connectivity index (χ2n) is 3.73. The number of nitrogens with one attached hydrogen (secondary N) is 1. The minimum absolute atomic E-state index is 0.202. The van der Waals surface area contributed by atoms with Gasteiger partial charge in [-0.15, -0.1) is 11.3 Å². The number of aromatic hydroxyl groups is 1. The molecule has 1 aromatic carbocycles. The molecule has 0 fully saturated rings. The molecule has 2 heterocycles. The van der Waals surface area contributed by atoms with Crippen molar-refractivity contribution >= 4 is 27.4 Å². The molecule has 3 aromatic rings. The molecule has 0 aliphatic heterocycles. The highest BCUT2D eigenvalue weighted by Crippen LogP contribution is 2.31. The third kappa shape index (κ3) is 1.89. The Morgan fingerprint density at radius 2 is 2.28 bits per heavy atom. The van der Waals surface area contributed by atoms with Crippen molar-refractivity contribution in [2.75, 3.05) is 12.3 Å². The van der Waals surface area contributed by atoms with Gasteiger partial charge in [0, 0.05) is 22.8 Å². The smallest absolute Gasteiger partial charge is 0.126 e. The summed E-state index contributed by atoms with van der Waals surface area (Å²) in [6.45, 7) is -2.26. The van der Waals surface area contributed by atoms with E-state index in [2.05, 4.69) is 15.3 Å². The molecule has 90 valence electrons. The van der Waals surface area contributed by atoms with E-state index in [9.17, 15) is 5.11 Å². The van der Waals surface area contributed by atoms with Gasteiger partial charge in [0.15, 0.2) is 0 Å². The molecule has 0 radical (unpaired) electrons. The largest absolute Gasteiger partial charge is 0.508 e. The Labute approximate surface area is 112 Å². The molecular formula is C13H11N3OS. The molecule has 0 atom stereocenters. The lowest BCUT2D eigenvalue weighted by molar-refractivity contribution is 0.476. The number of thiazole rings is 1. The van der Waals surface area contributed by atoms with Crippen molar-refractivity contribution in [1.29, 1.82) is 0 Å². The minimum Gasteiger partial charge on any atom is -0.508 e. The van der Waals surface area contributed by atoms with Crippen molar-refractivity contribution in [3.8, 4) is 16.3 Å². The summed E-state index contributed by atoms with van der Waals surface area (Å²) >= 11 is 1.44. The highest BCUT2D eigenvalue weighted by atomic mass is 32.1. The lowest BCUT2D eigenvalue weighted by Crippen LogP contribution is -1.90. The van der Waals surface area contributed by atoms with E-state index in [0.717, 1.165) is 20.8 Å². The van der Waals surface area contributed by atoms with Gasteiger partial charge in [0.2, 0.25) is 0 Å². The number of benzene rings is 1. The molecule has 4 nitrogen and oxygen atoms in total. The van der Waals surface area contributed by atoms with Gasteiger partial charge < -0.3 is 10.4 Å². The van der Waals surface area contributed by atoms with Crippen molar-refractivity contribution in [2.24, 2.45) is 0 Å². The lowest BCUT2D eigenvalue weighted by atomic mass is 10.3. The highest BCUT2D eigenvalue weighted by Gasteiger charge is 2.07. The van der Waals surface area contributed by atoms with Gasteiger partial charge in [0.05, 0.1) is 10.2 Å². The van der Waals surface area contributed by atoms with Gasteiger partial charge in [0.1, 0.15) is 16.6 Å². The highest BCUT2D eigenvalue weighted by molar-refractivity contribution is 7.21. The van der Waals surface area contributed by atoms with Crippen molar-refractivity contribution in [3.05, 3.63) is 36.5 Å². The number of hydrogen-bond acceptors (Lipinski definition) is 5. The summed E-state index contributed by atoms with van der Waals surface area (Å²) in [4.78, 5) is 8.54. The average Bonchev–Trinajstić information content (AvgIpc) is 2.80. The van der Waals surface area contributed by atoms with E-state index in [-0.39, 0.29) is 11.6 Å². The van der Waals surface area contributed by atoms with E-state index < -0.39 is 6.98 Å². The molecule has 18 heavy (non-hydrogen) atoms. The number of nitrogens with zero attached hydrogens (tertiary/aromatic N) is 2. The van der Waals surface area contributed by atoms with E-state index in [0.29, 0.717) is 0 Å². The zero-order chi connectivity index (χ0) is 15.0. The predicted molar refractivity (Wildman–Crippen MR) is 74.1 cm³/mol. The van der Waals surface area contributed by atoms with Crippen LogP contribution >= 0.6 is 11.3 Å². The predicted octanol–water partition coefficient (Wildman–Crippen LogP) is 3.11. The third-order valence-electron chi connectivity index (χ3n) is 2.51. The molecule has 5 heteroatoms. The number of rotatable bonds is 2. The normalized spacial score (nSPS) is 13.9. The fraction of sp³-hybridized carbons (Fsp3) is 0.0769. The lowest BCUT2D eigenvalue weighted by Gasteiger charge is -1.99. The summed E-state index contributed by atoms with van der Waals surface area (Å²) in [7, 11) is 0. The van der Waals surface area contributed by atoms with Gasteiger partial charge in [-0.25, -0.2) is 9.97 Å². The van der Waals surface area contributed by atoms with Crippen LogP contribution in [-0.4, -0.2) is 22.1 Å².